The quantitative estimate of drug-likeness (QED) is 0.445. The topological polar surface area (TPSA) is 105 Å². The first-order chi connectivity index (χ1) is 17.0. The van der Waals surface area contributed by atoms with Gasteiger partial charge in [-0.1, -0.05) is 54.6 Å². The lowest BCUT2D eigenvalue weighted by molar-refractivity contribution is -0.141. The van der Waals surface area contributed by atoms with Gasteiger partial charge in [-0.05, 0) is 53.0 Å². The molecule has 2 aliphatic rings. The number of carbonyl (C=O) groups excluding carboxylic acids is 2. The number of aliphatic carboxylic acids is 1. The monoisotopic (exact) mass is 490 g/mol. The molecular formula is C27H26N2O5S. The maximum Gasteiger partial charge on any atom is 0.408 e. The average molecular weight is 491 g/mol. The first-order valence-electron chi connectivity index (χ1n) is 11.7. The number of carboxylic acids is 1. The van der Waals surface area contributed by atoms with Crippen molar-refractivity contribution in [3.63, 3.8) is 0 Å². The van der Waals surface area contributed by atoms with Crippen molar-refractivity contribution in [2.45, 2.75) is 37.3 Å². The second-order valence-electron chi connectivity index (χ2n) is 8.97. The van der Waals surface area contributed by atoms with Crippen molar-refractivity contribution in [1.29, 1.82) is 0 Å². The highest BCUT2D eigenvalue weighted by Crippen LogP contribution is 2.44. The van der Waals surface area contributed by atoms with Gasteiger partial charge in [-0.25, -0.2) is 4.79 Å². The number of benzene rings is 2. The third-order valence-corrected chi connectivity index (χ3v) is 7.76. The van der Waals surface area contributed by atoms with E-state index in [1.807, 2.05) is 35.7 Å². The fraction of sp³-hybridized carbons (Fsp3) is 0.296. The lowest BCUT2D eigenvalue weighted by Crippen LogP contribution is -2.43. The Labute approximate surface area is 207 Å². The fourth-order valence-electron chi connectivity index (χ4n) is 5.10. The van der Waals surface area contributed by atoms with Crippen LogP contribution in [0.3, 0.4) is 0 Å². The van der Waals surface area contributed by atoms with E-state index < -0.39 is 24.0 Å². The summed E-state index contributed by atoms with van der Waals surface area (Å²) < 4.78 is 5.63. The molecule has 2 amide bonds. The molecule has 35 heavy (non-hydrogen) atoms. The van der Waals surface area contributed by atoms with Gasteiger partial charge in [-0.2, -0.15) is 0 Å². The lowest BCUT2D eigenvalue weighted by Gasteiger charge is -2.21. The Morgan fingerprint density at radius 2 is 1.66 bits per heavy atom. The maximum absolute atomic E-state index is 13.1. The number of carboxylic acid groups (broad SMARTS) is 1. The lowest BCUT2D eigenvalue weighted by atomic mass is 9.98. The minimum absolute atomic E-state index is 0.0754. The number of rotatable bonds is 7. The van der Waals surface area contributed by atoms with Gasteiger partial charge in [0.05, 0.1) is 5.92 Å². The van der Waals surface area contributed by atoms with E-state index in [0.717, 1.165) is 22.3 Å². The average Bonchev–Trinajstić information content (AvgIpc) is 3.61. The third kappa shape index (κ3) is 4.79. The Hall–Kier alpha value is -3.65. The Morgan fingerprint density at radius 1 is 0.971 bits per heavy atom. The van der Waals surface area contributed by atoms with Crippen LogP contribution in [0.4, 0.5) is 4.79 Å². The Bertz CT molecular complexity index is 1200. The number of hydrogen-bond acceptors (Lipinski definition) is 5. The van der Waals surface area contributed by atoms with Crippen molar-refractivity contribution in [1.82, 2.24) is 10.6 Å². The Kier molecular flexibility index (Phi) is 6.55. The summed E-state index contributed by atoms with van der Waals surface area (Å²) in [5, 5.41) is 16.7. The second kappa shape index (κ2) is 9.92. The summed E-state index contributed by atoms with van der Waals surface area (Å²) in [6.07, 6.45) is 0.854. The molecule has 7 nitrogen and oxygen atoms in total. The number of amides is 2. The minimum Gasteiger partial charge on any atom is -0.481 e. The van der Waals surface area contributed by atoms with Crippen molar-refractivity contribution in [2.75, 3.05) is 6.61 Å². The van der Waals surface area contributed by atoms with Gasteiger partial charge in [0.15, 0.2) is 0 Å². The van der Waals surface area contributed by atoms with Crippen molar-refractivity contribution in [3.05, 3.63) is 82.0 Å². The van der Waals surface area contributed by atoms with Gasteiger partial charge in [-0.15, -0.1) is 11.3 Å². The molecular weight excluding hydrogens is 464 g/mol. The van der Waals surface area contributed by atoms with Gasteiger partial charge in [0, 0.05) is 16.8 Å². The fourth-order valence-corrected chi connectivity index (χ4v) is 5.87. The molecule has 0 radical (unpaired) electrons. The molecule has 0 aliphatic heterocycles. The molecule has 8 heteroatoms. The molecule has 0 saturated heterocycles. The van der Waals surface area contributed by atoms with Crippen LogP contribution >= 0.6 is 11.3 Å². The SMILES string of the molecule is O=C(NC(C(=O)N[C@H]1CC[C@@H](C(=O)O)C1)c1cccs1)OCC1c2ccccc2-c2ccccc21. The highest BCUT2D eigenvalue weighted by molar-refractivity contribution is 7.10. The Morgan fingerprint density at radius 3 is 2.26 bits per heavy atom. The van der Waals surface area contributed by atoms with Crippen LogP contribution < -0.4 is 10.6 Å². The second-order valence-corrected chi connectivity index (χ2v) is 9.95. The van der Waals surface area contributed by atoms with Crippen molar-refractivity contribution >= 4 is 29.3 Å². The van der Waals surface area contributed by atoms with E-state index in [0.29, 0.717) is 24.1 Å². The van der Waals surface area contributed by atoms with E-state index in [4.69, 9.17) is 4.74 Å². The normalized spacial score (nSPS) is 19.4. The molecule has 5 rings (SSSR count). The molecule has 1 unspecified atom stereocenters. The van der Waals surface area contributed by atoms with Gasteiger partial charge < -0.3 is 20.5 Å². The predicted octanol–water partition coefficient (Wildman–Crippen LogP) is 4.70. The number of carbonyl (C=O) groups is 3. The maximum atomic E-state index is 13.1. The molecule has 2 aromatic carbocycles. The molecule has 0 bridgehead atoms. The molecule has 0 spiro atoms. The summed E-state index contributed by atoms with van der Waals surface area (Å²) in [6.45, 7) is 0.154. The zero-order chi connectivity index (χ0) is 24.4. The molecule has 1 heterocycles. The zero-order valence-corrected chi connectivity index (χ0v) is 19.8. The standard InChI is InChI=1S/C27H26N2O5S/c30-25(28-17-12-11-16(14-17)26(31)32)24(23-10-5-13-35-23)29-27(33)34-15-22-20-8-3-1-6-18(20)19-7-2-4-9-21(19)22/h1-10,13,16-17,22,24H,11-12,14-15H2,(H,28,30)(H,29,33)(H,31,32)/t16-,17+,24?/m1/s1. The van der Waals surface area contributed by atoms with Crippen LogP contribution in [0.1, 0.15) is 47.2 Å². The largest absolute Gasteiger partial charge is 0.481 e. The summed E-state index contributed by atoms with van der Waals surface area (Å²) in [7, 11) is 0. The van der Waals surface area contributed by atoms with Crippen molar-refractivity contribution in [2.24, 2.45) is 5.92 Å². The third-order valence-electron chi connectivity index (χ3n) is 6.82. The van der Waals surface area contributed by atoms with E-state index >= 15 is 0 Å². The number of hydrogen-bond donors (Lipinski definition) is 3. The van der Waals surface area contributed by atoms with Crippen LogP contribution in [-0.2, 0) is 14.3 Å². The molecule has 3 atom stereocenters. The highest BCUT2D eigenvalue weighted by atomic mass is 32.1. The number of thiophene rings is 1. The molecule has 180 valence electrons. The van der Waals surface area contributed by atoms with E-state index in [1.54, 1.807) is 6.07 Å². The van der Waals surface area contributed by atoms with E-state index in [1.165, 1.54) is 11.3 Å². The van der Waals surface area contributed by atoms with Gasteiger partial charge in [0.2, 0.25) is 5.91 Å². The first kappa shape index (κ1) is 23.1. The zero-order valence-electron chi connectivity index (χ0n) is 19.0. The van der Waals surface area contributed by atoms with Crippen LogP contribution in [0, 0.1) is 5.92 Å². The number of alkyl carbamates (subject to hydrolysis) is 1. The minimum atomic E-state index is -0.908. The number of ether oxygens (including phenoxy) is 1. The summed E-state index contributed by atoms with van der Waals surface area (Å²) in [4.78, 5) is 37.8. The van der Waals surface area contributed by atoms with Crippen LogP contribution in [-0.4, -0.2) is 35.7 Å². The van der Waals surface area contributed by atoms with Crippen molar-refractivity contribution < 1.29 is 24.2 Å². The Balaban J connectivity index is 1.25. The van der Waals surface area contributed by atoms with Gasteiger partial charge in [0.25, 0.3) is 0 Å². The molecule has 2 aliphatic carbocycles. The van der Waals surface area contributed by atoms with E-state index in [9.17, 15) is 19.5 Å². The van der Waals surface area contributed by atoms with Crippen LogP contribution in [0.2, 0.25) is 0 Å². The van der Waals surface area contributed by atoms with Crippen LogP contribution in [0.15, 0.2) is 66.0 Å². The first-order valence-corrected chi connectivity index (χ1v) is 12.6. The summed E-state index contributed by atoms with van der Waals surface area (Å²) in [5.41, 5.74) is 4.51. The van der Waals surface area contributed by atoms with Crippen LogP contribution in [0.5, 0.6) is 0 Å². The van der Waals surface area contributed by atoms with E-state index in [-0.39, 0.29) is 24.5 Å². The number of fused-ring (bicyclic) bond motifs is 3. The highest BCUT2D eigenvalue weighted by Gasteiger charge is 2.34. The summed E-state index contributed by atoms with van der Waals surface area (Å²) in [5.74, 6) is -1.73. The number of nitrogens with one attached hydrogen (secondary N) is 2. The van der Waals surface area contributed by atoms with Crippen molar-refractivity contribution in [3.8, 4) is 11.1 Å². The molecule has 3 N–H and O–H groups in total. The molecule has 1 saturated carbocycles. The predicted molar refractivity (Wildman–Crippen MR) is 132 cm³/mol. The smallest absolute Gasteiger partial charge is 0.408 e. The molecule has 1 fully saturated rings. The molecule has 1 aromatic heterocycles. The van der Waals surface area contributed by atoms with Gasteiger partial charge in [0.1, 0.15) is 12.6 Å². The summed E-state index contributed by atoms with van der Waals surface area (Å²) in [6, 6.07) is 18.7. The van der Waals surface area contributed by atoms with E-state index in [2.05, 4.69) is 34.9 Å². The molecule has 3 aromatic rings. The van der Waals surface area contributed by atoms with Gasteiger partial charge in [-0.3, -0.25) is 9.59 Å². The summed E-state index contributed by atoms with van der Waals surface area (Å²) >= 11 is 1.36. The van der Waals surface area contributed by atoms with Gasteiger partial charge >= 0.3 is 12.1 Å². The van der Waals surface area contributed by atoms with Crippen LogP contribution in [0.25, 0.3) is 11.1 Å².